The van der Waals surface area contributed by atoms with Crippen LogP contribution in [0.4, 0.5) is 11.5 Å². The van der Waals surface area contributed by atoms with Gasteiger partial charge >= 0.3 is 6.01 Å². The summed E-state index contributed by atoms with van der Waals surface area (Å²) in [6.45, 7) is 1.74. The molecule has 0 saturated carbocycles. The van der Waals surface area contributed by atoms with Crippen LogP contribution >= 0.6 is 11.8 Å². The highest BCUT2D eigenvalue weighted by Crippen LogP contribution is 2.22. The third kappa shape index (κ3) is 7.68. The maximum absolute atomic E-state index is 12.7. The second-order valence-electron chi connectivity index (χ2n) is 7.10. The molecular weight excluding hydrogens is 496 g/mol. The van der Waals surface area contributed by atoms with Gasteiger partial charge in [-0.1, -0.05) is 11.8 Å². The molecule has 0 unspecified atom stereocenters. The van der Waals surface area contributed by atoms with Crippen LogP contribution < -0.4 is 25.1 Å². The molecule has 12 nitrogen and oxygen atoms in total. The van der Waals surface area contributed by atoms with E-state index in [1.807, 2.05) is 0 Å². The summed E-state index contributed by atoms with van der Waals surface area (Å²) in [5.41, 5.74) is 0.873. The van der Waals surface area contributed by atoms with Crippen molar-refractivity contribution in [2.45, 2.75) is 29.8 Å². The van der Waals surface area contributed by atoms with Crippen molar-refractivity contribution < 1.29 is 22.7 Å². The van der Waals surface area contributed by atoms with Crippen LogP contribution in [0, 0.1) is 6.92 Å². The third-order valence-electron chi connectivity index (χ3n) is 4.40. The molecule has 0 spiro atoms. The molecule has 3 rings (SSSR count). The topological polar surface area (TPSA) is 165 Å². The predicted octanol–water partition coefficient (Wildman–Crippen LogP) is 2.20. The Morgan fingerprint density at radius 2 is 1.83 bits per heavy atom. The number of H-pyrrole nitrogens is 1. The molecule has 2 aromatic heterocycles. The molecule has 0 saturated heterocycles. The molecule has 0 aliphatic heterocycles. The van der Waals surface area contributed by atoms with Crippen LogP contribution in [-0.2, 0) is 14.8 Å². The molecule has 3 N–H and O–H groups in total. The number of carbonyl (C=O) groups excluding carboxylic acids is 1. The number of thioether (sulfide) groups is 1. The Kier molecular flexibility index (Phi) is 8.65. The third-order valence-corrected chi connectivity index (χ3v) is 6.73. The van der Waals surface area contributed by atoms with E-state index in [0.29, 0.717) is 28.7 Å². The summed E-state index contributed by atoms with van der Waals surface area (Å²) in [5.74, 6) is 0.495. The Bertz CT molecular complexity index is 1320. The van der Waals surface area contributed by atoms with Gasteiger partial charge in [-0.3, -0.25) is 14.3 Å². The fraction of sp³-hybridized carbons (Fsp3) is 0.286. The van der Waals surface area contributed by atoms with Gasteiger partial charge < -0.3 is 19.8 Å². The van der Waals surface area contributed by atoms with Crippen molar-refractivity contribution in [3.63, 3.8) is 0 Å². The fourth-order valence-corrected chi connectivity index (χ4v) is 4.67. The van der Waals surface area contributed by atoms with E-state index < -0.39 is 10.0 Å². The fourth-order valence-electron chi connectivity index (χ4n) is 2.81. The summed E-state index contributed by atoms with van der Waals surface area (Å²) in [5, 5.41) is 3.24. The lowest BCUT2D eigenvalue weighted by Crippen LogP contribution is -2.15. The van der Waals surface area contributed by atoms with Crippen LogP contribution in [0.15, 0.2) is 51.2 Å². The van der Waals surface area contributed by atoms with Crippen LogP contribution in [0.3, 0.4) is 0 Å². The van der Waals surface area contributed by atoms with Gasteiger partial charge in [0.1, 0.15) is 0 Å². The number of nitrogens with zero attached hydrogens (tertiary/aromatic N) is 3. The Hall–Kier alpha value is -3.65. The molecule has 0 radical (unpaired) electrons. The zero-order valence-corrected chi connectivity index (χ0v) is 20.8. The molecule has 2 heterocycles. The summed E-state index contributed by atoms with van der Waals surface area (Å²) < 4.78 is 37.7. The highest BCUT2D eigenvalue weighted by molar-refractivity contribution is 7.99. The van der Waals surface area contributed by atoms with Crippen molar-refractivity contribution in [1.82, 2.24) is 19.9 Å². The van der Waals surface area contributed by atoms with Crippen LogP contribution in [0.2, 0.25) is 0 Å². The highest BCUT2D eigenvalue weighted by atomic mass is 32.2. The first kappa shape index (κ1) is 26.0. The minimum atomic E-state index is -3.96. The second kappa shape index (κ2) is 11.7. The number of nitrogens with one attached hydrogen (secondary N) is 3. The monoisotopic (exact) mass is 520 g/mol. The Labute approximate surface area is 206 Å². The number of sulfonamides is 1. The van der Waals surface area contributed by atoms with Gasteiger partial charge in [0.15, 0.2) is 11.0 Å². The molecule has 35 heavy (non-hydrogen) atoms. The molecule has 14 heteroatoms. The molecule has 0 fully saturated rings. The Balaban J connectivity index is 1.53. The van der Waals surface area contributed by atoms with Crippen molar-refractivity contribution in [1.29, 1.82) is 0 Å². The number of rotatable bonds is 11. The molecule has 0 atom stereocenters. The van der Waals surface area contributed by atoms with Gasteiger partial charge in [0.25, 0.3) is 15.6 Å². The Morgan fingerprint density at radius 3 is 2.49 bits per heavy atom. The molecule has 1 amide bonds. The number of aromatic amines is 1. The normalized spacial score (nSPS) is 11.1. The summed E-state index contributed by atoms with van der Waals surface area (Å²) in [4.78, 5) is 38.4. The van der Waals surface area contributed by atoms with Crippen LogP contribution in [0.5, 0.6) is 11.9 Å². The predicted molar refractivity (Wildman–Crippen MR) is 131 cm³/mol. The minimum absolute atomic E-state index is 0.0195. The molecule has 0 bridgehead atoms. The number of ether oxygens (including phenoxy) is 2. The number of aryl methyl sites for hydroxylation is 1. The van der Waals surface area contributed by atoms with Gasteiger partial charge in [-0.2, -0.15) is 9.97 Å². The zero-order chi connectivity index (χ0) is 25.4. The first-order valence-corrected chi connectivity index (χ1v) is 12.8. The second-order valence-corrected chi connectivity index (χ2v) is 9.87. The van der Waals surface area contributed by atoms with Gasteiger partial charge in [0, 0.05) is 35.7 Å². The van der Waals surface area contributed by atoms with E-state index in [9.17, 15) is 18.0 Å². The number of hydrogen-bond acceptors (Lipinski definition) is 10. The number of anilines is 2. The van der Waals surface area contributed by atoms with Gasteiger partial charge in [-0.05, 0) is 37.6 Å². The molecule has 0 aliphatic carbocycles. The lowest BCUT2D eigenvalue weighted by Gasteiger charge is -2.10. The minimum Gasteiger partial charge on any atom is -0.481 e. The van der Waals surface area contributed by atoms with Crippen LogP contribution in [0.1, 0.15) is 18.5 Å². The largest absolute Gasteiger partial charge is 0.481 e. The first-order chi connectivity index (χ1) is 16.7. The standard InChI is InChI=1S/C21H24N6O6S2/c1-13-11-18(29)25-21(22-13)34-10-4-5-17(28)23-14-6-8-15(9-7-14)35(30,31)27-16-12-19(32-2)26-20(24-16)33-3/h6-9,11-12H,4-5,10H2,1-3H3,(H,23,28)(H,22,25,29)(H,24,26,27). The lowest BCUT2D eigenvalue weighted by molar-refractivity contribution is -0.116. The number of methoxy groups -OCH3 is 2. The van der Waals surface area contributed by atoms with E-state index in [4.69, 9.17) is 9.47 Å². The number of benzene rings is 1. The van der Waals surface area contributed by atoms with Gasteiger partial charge in [-0.15, -0.1) is 0 Å². The molecule has 1 aromatic carbocycles. The van der Waals surface area contributed by atoms with E-state index in [0.717, 1.165) is 0 Å². The smallest absolute Gasteiger partial charge is 0.321 e. The average molecular weight is 521 g/mol. The number of carbonyl (C=O) groups is 1. The van der Waals surface area contributed by atoms with Gasteiger partial charge in [0.05, 0.1) is 19.1 Å². The van der Waals surface area contributed by atoms with E-state index in [1.165, 1.54) is 62.4 Å². The van der Waals surface area contributed by atoms with Crippen molar-refractivity contribution in [2.24, 2.45) is 0 Å². The number of hydrogen-bond donors (Lipinski definition) is 3. The summed E-state index contributed by atoms with van der Waals surface area (Å²) in [6.07, 6.45) is 0.818. The lowest BCUT2D eigenvalue weighted by atomic mass is 10.3. The van der Waals surface area contributed by atoms with Crippen LogP contribution in [-0.4, -0.2) is 54.2 Å². The highest BCUT2D eigenvalue weighted by Gasteiger charge is 2.17. The van der Waals surface area contributed by atoms with Crippen LogP contribution in [0.25, 0.3) is 0 Å². The van der Waals surface area contributed by atoms with Gasteiger partial charge in [0.2, 0.25) is 11.8 Å². The molecule has 3 aromatic rings. The van der Waals surface area contributed by atoms with Gasteiger partial charge in [-0.25, -0.2) is 13.4 Å². The van der Waals surface area contributed by atoms with E-state index in [-0.39, 0.29) is 40.5 Å². The van der Waals surface area contributed by atoms with E-state index in [2.05, 4.69) is 30.0 Å². The summed E-state index contributed by atoms with van der Waals surface area (Å²) in [7, 11) is -1.22. The van der Waals surface area contributed by atoms with E-state index in [1.54, 1.807) is 6.92 Å². The van der Waals surface area contributed by atoms with Crippen molar-refractivity contribution in [2.75, 3.05) is 30.0 Å². The Morgan fingerprint density at radius 1 is 1.09 bits per heavy atom. The summed E-state index contributed by atoms with van der Waals surface area (Å²) in [6, 6.07) is 8.38. The quantitative estimate of drug-likeness (QED) is 0.194. The molecule has 186 valence electrons. The SMILES string of the molecule is COc1cc(NS(=O)(=O)c2ccc(NC(=O)CCCSc3nc(C)cc(=O)[nH]3)cc2)nc(OC)n1. The summed E-state index contributed by atoms with van der Waals surface area (Å²) >= 11 is 1.36. The first-order valence-electron chi connectivity index (χ1n) is 10.3. The number of amides is 1. The maximum atomic E-state index is 12.7. The van der Waals surface area contributed by atoms with E-state index >= 15 is 0 Å². The number of aromatic nitrogens is 4. The molecular formula is C21H24N6O6S2. The molecule has 0 aliphatic rings. The van der Waals surface area contributed by atoms with Crippen molar-refractivity contribution in [3.8, 4) is 11.9 Å². The van der Waals surface area contributed by atoms with Crippen molar-refractivity contribution >= 4 is 39.2 Å². The maximum Gasteiger partial charge on any atom is 0.321 e. The zero-order valence-electron chi connectivity index (χ0n) is 19.2. The van der Waals surface area contributed by atoms with Crippen molar-refractivity contribution in [3.05, 3.63) is 52.4 Å². The average Bonchev–Trinajstić information content (AvgIpc) is 2.81.